The number of halogens is 4. The maximum absolute atomic E-state index is 12.0. The maximum Gasteiger partial charge on any atom is 0.197 e. The van der Waals surface area contributed by atoms with E-state index in [0.717, 1.165) is 31.3 Å². The van der Waals surface area contributed by atoms with Crippen molar-refractivity contribution in [3.05, 3.63) is 58.8 Å². The molecule has 0 saturated heterocycles. The Labute approximate surface area is 196 Å². The van der Waals surface area contributed by atoms with Gasteiger partial charge >= 0.3 is 0 Å². The van der Waals surface area contributed by atoms with Crippen LogP contribution in [0.2, 0.25) is 0 Å². The van der Waals surface area contributed by atoms with Gasteiger partial charge in [0.15, 0.2) is 5.43 Å². The van der Waals surface area contributed by atoms with E-state index < -0.39 is 0 Å². The van der Waals surface area contributed by atoms with Crippen LogP contribution in [0.5, 0.6) is 11.5 Å². The molecule has 1 heterocycles. The first kappa shape index (κ1) is 26.4. The number of rotatable bonds is 7. The summed E-state index contributed by atoms with van der Waals surface area (Å²) in [4.78, 5) is 14.1. The van der Waals surface area contributed by atoms with Crippen molar-refractivity contribution in [1.82, 2.24) is 4.90 Å². The standard InChI is InChI=1S/C15H10O4.C6H12Cl3N.ClH/c16-10-6-11(17)15-12(18)8-13(19-14(15)7-10)9-4-2-1-3-5-9;7-1-4-10(5-2-8)6-3-9;/h1-8,16-17H;1-6H2;1H. The molecule has 0 spiro atoms. The zero-order valence-corrected chi connectivity index (χ0v) is 19.1. The van der Waals surface area contributed by atoms with Gasteiger partial charge in [-0.05, 0) is 0 Å². The lowest BCUT2D eigenvalue weighted by Crippen LogP contribution is -2.29. The zero-order valence-electron chi connectivity index (χ0n) is 16.1. The topological polar surface area (TPSA) is 73.9 Å². The van der Waals surface area contributed by atoms with E-state index in [0.29, 0.717) is 23.4 Å². The molecule has 164 valence electrons. The number of aromatic hydroxyl groups is 2. The molecule has 1 aromatic heterocycles. The number of hydrogen-bond acceptors (Lipinski definition) is 5. The molecular weight excluding hydrogens is 472 g/mol. The van der Waals surface area contributed by atoms with Gasteiger partial charge in [-0.1, -0.05) is 30.3 Å². The molecule has 0 atom stereocenters. The predicted octanol–water partition coefficient (Wildman–Crippen LogP) is 5.30. The number of phenolic OH excluding ortho intramolecular Hbond substituents is 2. The maximum atomic E-state index is 12.0. The summed E-state index contributed by atoms with van der Waals surface area (Å²) < 4.78 is 5.57. The van der Waals surface area contributed by atoms with E-state index in [1.165, 1.54) is 12.1 Å². The van der Waals surface area contributed by atoms with Crippen molar-refractivity contribution in [2.75, 3.05) is 37.3 Å². The fourth-order valence-corrected chi connectivity index (χ4v) is 3.41. The summed E-state index contributed by atoms with van der Waals surface area (Å²) >= 11 is 16.6. The average Bonchev–Trinajstić information content (AvgIpc) is 2.69. The van der Waals surface area contributed by atoms with Gasteiger partial charge in [-0.2, -0.15) is 0 Å². The van der Waals surface area contributed by atoms with Crippen molar-refractivity contribution in [3.8, 4) is 22.8 Å². The monoisotopic (exact) mass is 493 g/mol. The van der Waals surface area contributed by atoms with Crippen molar-refractivity contribution < 1.29 is 14.6 Å². The Morgan fingerprint density at radius 3 is 1.97 bits per heavy atom. The average molecular weight is 495 g/mol. The highest BCUT2D eigenvalue weighted by Gasteiger charge is 2.11. The smallest absolute Gasteiger partial charge is 0.197 e. The summed E-state index contributed by atoms with van der Waals surface area (Å²) in [6.07, 6.45) is 0. The molecule has 0 fully saturated rings. The second-order valence-electron chi connectivity index (χ2n) is 6.09. The molecule has 2 aromatic carbocycles. The minimum Gasteiger partial charge on any atom is -0.508 e. The summed E-state index contributed by atoms with van der Waals surface area (Å²) in [7, 11) is 0. The van der Waals surface area contributed by atoms with Crippen LogP contribution >= 0.6 is 47.2 Å². The highest BCUT2D eigenvalue weighted by molar-refractivity contribution is 6.18. The first-order chi connectivity index (χ1) is 14.0. The SMILES string of the molecule is Cl.ClCCN(CCCl)CCCl.O=c1cc(-c2ccccc2)oc2cc(O)cc(O)c12. The Bertz CT molecular complexity index is 952. The van der Waals surface area contributed by atoms with Gasteiger partial charge in [-0.25, -0.2) is 0 Å². The van der Waals surface area contributed by atoms with E-state index >= 15 is 0 Å². The lowest BCUT2D eigenvalue weighted by Gasteiger charge is -2.17. The molecule has 0 aliphatic heterocycles. The van der Waals surface area contributed by atoms with Crippen LogP contribution in [0.15, 0.2) is 57.7 Å². The molecule has 3 rings (SSSR count). The fraction of sp³-hybridized carbons (Fsp3) is 0.286. The van der Waals surface area contributed by atoms with E-state index in [9.17, 15) is 15.0 Å². The third-order valence-corrected chi connectivity index (χ3v) is 4.56. The van der Waals surface area contributed by atoms with Gasteiger partial charge < -0.3 is 14.6 Å². The normalized spacial score (nSPS) is 10.4. The summed E-state index contributed by atoms with van der Waals surface area (Å²) in [6, 6.07) is 12.9. The Hall–Kier alpha value is -1.63. The number of nitrogens with zero attached hydrogens (tertiary/aromatic N) is 1. The summed E-state index contributed by atoms with van der Waals surface area (Å²) in [6.45, 7) is 2.63. The highest BCUT2D eigenvalue weighted by atomic mass is 35.5. The molecule has 0 aliphatic carbocycles. The molecule has 0 radical (unpaired) electrons. The van der Waals surface area contributed by atoms with Gasteiger partial charge in [0.05, 0.1) is 0 Å². The third kappa shape index (κ3) is 7.56. The van der Waals surface area contributed by atoms with Gasteiger partial charge in [0.25, 0.3) is 0 Å². The number of benzene rings is 2. The molecule has 0 bridgehead atoms. The van der Waals surface area contributed by atoms with E-state index in [-0.39, 0.29) is 40.3 Å². The van der Waals surface area contributed by atoms with Crippen molar-refractivity contribution in [2.45, 2.75) is 0 Å². The van der Waals surface area contributed by atoms with Crippen LogP contribution in [-0.2, 0) is 0 Å². The minimum absolute atomic E-state index is 0. The molecule has 3 aromatic rings. The van der Waals surface area contributed by atoms with Crippen LogP contribution < -0.4 is 5.43 Å². The van der Waals surface area contributed by atoms with E-state index in [1.54, 1.807) is 0 Å². The molecule has 2 N–H and O–H groups in total. The van der Waals surface area contributed by atoms with E-state index in [1.807, 2.05) is 30.3 Å². The van der Waals surface area contributed by atoms with Crippen LogP contribution in [-0.4, -0.2) is 52.4 Å². The van der Waals surface area contributed by atoms with Crippen molar-refractivity contribution in [3.63, 3.8) is 0 Å². The lowest BCUT2D eigenvalue weighted by molar-refractivity contribution is 0.327. The van der Waals surface area contributed by atoms with Crippen LogP contribution in [0.25, 0.3) is 22.3 Å². The summed E-state index contributed by atoms with van der Waals surface area (Å²) in [5.74, 6) is 1.89. The highest BCUT2D eigenvalue weighted by Crippen LogP contribution is 2.30. The van der Waals surface area contributed by atoms with Gasteiger partial charge in [-0.3, -0.25) is 9.69 Å². The first-order valence-corrected chi connectivity index (χ1v) is 10.6. The van der Waals surface area contributed by atoms with Gasteiger partial charge in [-0.15, -0.1) is 47.2 Å². The molecular formula is C21H23Cl4NO4. The van der Waals surface area contributed by atoms with Gasteiger partial charge in [0, 0.05) is 61.0 Å². The second-order valence-corrected chi connectivity index (χ2v) is 7.22. The predicted molar refractivity (Wildman–Crippen MR) is 127 cm³/mol. The zero-order chi connectivity index (χ0) is 21.2. The van der Waals surface area contributed by atoms with Crippen molar-refractivity contribution >= 4 is 58.2 Å². The summed E-state index contributed by atoms with van der Waals surface area (Å²) in [5.41, 5.74) is 0.561. The Morgan fingerprint density at radius 2 is 1.43 bits per heavy atom. The molecule has 9 heteroatoms. The number of hydrogen-bond donors (Lipinski definition) is 2. The van der Waals surface area contributed by atoms with E-state index in [4.69, 9.17) is 39.2 Å². The van der Waals surface area contributed by atoms with Crippen molar-refractivity contribution in [2.24, 2.45) is 0 Å². The molecule has 30 heavy (non-hydrogen) atoms. The minimum atomic E-state index is -0.349. The second kappa shape index (κ2) is 13.6. The Balaban J connectivity index is 0.000000354. The van der Waals surface area contributed by atoms with Gasteiger partial charge in [0.2, 0.25) is 0 Å². The van der Waals surface area contributed by atoms with Crippen LogP contribution in [0.1, 0.15) is 0 Å². The Kier molecular flexibility index (Phi) is 12.0. The third-order valence-electron chi connectivity index (χ3n) is 4.06. The number of fused-ring (bicyclic) bond motifs is 1. The lowest BCUT2D eigenvalue weighted by atomic mass is 10.1. The molecule has 0 unspecified atom stereocenters. The summed E-state index contributed by atoms with van der Waals surface area (Å²) in [5, 5.41) is 19.2. The quantitative estimate of drug-likeness (QED) is 0.436. The fourth-order valence-electron chi connectivity index (χ4n) is 2.69. The van der Waals surface area contributed by atoms with Crippen molar-refractivity contribution in [1.29, 1.82) is 0 Å². The molecule has 0 amide bonds. The van der Waals surface area contributed by atoms with Crippen LogP contribution in [0, 0.1) is 0 Å². The molecule has 0 aliphatic rings. The Morgan fingerprint density at radius 1 is 0.867 bits per heavy atom. The molecule has 5 nitrogen and oxygen atoms in total. The van der Waals surface area contributed by atoms with Crippen LogP contribution in [0.4, 0.5) is 0 Å². The van der Waals surface area contributed by atoms with Gasteiger partial charge in [0.1, 0.15) is 28.2 Å². The largest absolute Gasteiger partial charge is 0.508 e. The molecule has 0 saturated carbocycles. The first-order valence-electron chi connectivity index (χ1n) is 8.95. The number of alkyl halides is 3. The van der Waals surface area contributed by atoms with Crippen LogP contribution in [0.3, 0.4) is 0 Å². The van der Waals surface area contributed by atoms with E-state index in [2.05, 4.69) is 4.90 Å². The number of phenols is 2.